The second-order valence-corrected chi connectivity index (χ2v) is 9.89. The van der Waals surface area contributed by atoms with Gasteiger partial charge in [-0.05, 0) is 73.1 Å². The Bertz CT molecular complexity index is 1300. The molecule has 0 aliphatic carbocycles. The van der Waals surface area contributed by atoms with Crippen LogP contribution in [0.5, 0.6) is 5.75 Å². The van der Waals surface area contributed by atoms with Gasteiger partial charge in [-0.1, -0.05) is 31.2 Å². The van der Waals surface area contributed by atoms with Gasteiger partial charge in [-0.3, -0.25) is 19.3 Å². The molecule has 0 saturated carbocycles. The standard InChI is InChI=1S/C28H33N5O5S/c1-3-17-7-11-19(12-8-17)33(28(36)25-22(29)23(26(30)34)32-39-25)24(18-9-13-20(14-10-18)37-4-2)27(35)31-16-21-6-5-15-38-21/h7-14,21,24H,3-6,15-16,29H2,1-2H3,(H2,30,34)(H,31,35)/t21-,24-/m1/s1. The Hall–Kier alpha value is -3.96. The molecule has 2 aromatic carbocycles. The van der Waals surface area contributed by atoms with Crippen LogP contribution in [0.15, 0.2) is 48.5 Å². The fraction of sp³-hybridized carbons (Fsp3) is 0.357. The molecular weight excluding hydrogens is 518 g/mol. The molecule has 1 fully saturated rings. The number of hydrogen-bond acceptors (Lipinski definition) is 8. The lowest BCUT2D eigenvalue weighted by Gasteiger charge is -2.31. The van der Waals surface area contributed by atoms with Crippen LogP contribution in [0.3, 0.4) is 0 Å². The number of nitrogens with zero attached hydrogens (tertiary/aromatic N) is 2. The average molecular weight is 552 g/mol. The number of hydrogen-bond donors (Lipinski definition) is 3. The highest BCUT2D eigenvalue weighted by Crippen LogP contribution is 2.34. The molecule has 1 aromatic heterocycles. The summed E-state index contributed by atoms with van der Waals surface area (Å²) in [5.74, 6) is -1.16. The minimum atomic E-state index is -1.07. The highest BCUT2D eigenvalue weighted by molar-refractivity contribution is 7.09. The Labute approximate surface area is 231 Å². The minimum absolute atomic E-state index is 0.0197. The van der Waals surface area contributed by atoms with Crippen LogP contribution >= 0.6 is 11.5 Å². The lowest BCUT2D eigenvalue weighted by molar-refractivity contribution is -0.123. The van der Waals surface area contributed by atoms with Crippen molar-refractivity contribution in [3.63, 3.8) is 0 Å². The predicted octanol–water partition coefficient (Wildman–Crippen LogP) is 3.47. The number of amides is 3. The summed E-state index contributed by atoms with van der Waals surface area (Å²) >= 11 is 0.772. The lowest BCUT2D eigenvalue weighted by atomic mass is 10.0. The van der Waals surface area contributed by atoms with Crippen molar-refractivity contribution in [2.75, 3.05) is 30.4 Å². The summed E-state index contributed by atoms with van der Waals surface area (Å²) in [7, 11) is 0. The maximum atomic E-state index is 14.1. The summed E-state index contributed by atoms with van der Waals surface area (Å²) in [6, 6.07) is 13.3. The van der Waals surface area contributed by atoms with Gasteiger partial charge in [-0.2, -0.15) is 4.37 Å². The molecule has 3 amide bonds. The van der Waals surface area contributed by atoms with E-state index in [2.05, 4.69) is 9.69 Å². The summed E-state index contributed by atoms with van der Waals surface area (Å²) in [5, 5.41) is 2.97. The molecule has 3 aromatic rings. The number of carbonyl (C=O) groups excluding carboxylic acids is 3. The van der Waals surface area contributed by atoms with E-state index in [0.29, 0.717) is 36.8 Å². The first-order chi connectivity index (χ1) is 18.8. The zero-order valence-electron chi connectivity index (χ0n) is 22.0. The summed E-state index contributed by atoms with van der Waals surface area (Å²) in [4.78, 5) is 41.2. The van der Waals surface area contributed by atoms with Gasteiger partial charge in [0.1, 0.15) is 16.7 Å². The highest BCUT2D eigenvalue weighted by Gasteiger charge is 2.36. The van der Waals surface area contributed by atoms with Crippen molar-refractivity contribution in [2.45, 2.75) is 45.3 Å². The third-order valence-electron chi connectivity index (χ3n) is 6.54. The van der Waals surface area contributed by atoms with Gasteiger partial charge in [0.15, 0.2) is 5.69 Å². The first kappa shape index (κ1) is 28.1. The first-order valence-electron chi connectivity index (χ1n) is 12.9. The quantitative estimate of drug-likeness (QED) is 0.330. The summed E-state index contributed by atoms with van der Waals surface area (Å²) in [6.07, 6.45) is 2.51. The fourth-order valence-corrected chi connectivity index (χ4v) is 5.20. The Kier molecular flexibility index (Phi) is 9.15. The van der Waals surface area contributed by atoms with Crippen molar-refractivity contribution < 1.29 is 23.9 Å². The van der Waals surface area contributed by atoms with E-state index < -0.39 is 17.9 Å². The molecule has 206 valence electrons. The Balaban J connectivity index is 1.80. The molecule has 0 unspecified atom stereocenters. The van der Waals surface area contributed by atoms with Crippen LogP contribution in [0, 0.1) is 0 Å². The number of carbonyl (C=O) groups is 3. The van der Waals surface area contributed by atoms with Crippen molar-refractivity contribution >= 4 is 40.6 Å². The van der Waals surface area contributed by atoms with E-state index in [4.69, 9.17) is 20.9 Å². The van der Waals surface area contributed by atoms with Crippen LogP contribution in [-0.4, -0.2) is 48.0 Å². The van der Waals surface area contributed by atoms with Crippen LogP contribution in [-0.2, 0) is 16.0 Å². The SMILES string of the molecule is CCOc1ccc([C@H](C(=O)NC[C@H]2CCCO2)N(C(=O)c2snc(C(N)=O)c2N)c2ccc(CC)cc2)cc1. The van der Waals surface area contributed by atoms with Crippen molar-refractivity contribution in [1.29, 1.82) is 0 Å². The number of benzene rings is 2. The first-order valence-corrected chi connectivity index (χ1v) is 13.7. The number of nitrogens with two attached hydrogens (primary N) is 2. The third-order valence-corrected chi connectivity index (χ3v) is 7.39. The molecule has 11 heteroatoms. The molecule has 0 radical (unpaired) electrons. The second-order valence-electron chi connectivity index (χ2n) is 9.12. The van der Waals surface area contributed by atoms with Crippen LogP contribution in [0.2, 0.25) is 0 Å². The van der Waals surface area contributed by atoms with Gasteiger partial charge in [-0.15, -0.1) is 0 Å². The van der Waals surface area contributed by atoms with Gasteiger partial charge in [0.25, 0.3) is 11.8 Å². The van der Waals surface area contributed by atoms with E-state index in [0.717, 1.165) is 36.4 Å². The van der Waals surface area contributed by atoms with Crippen LogP contribution in [0.4, 0.5) is 11.4 Å². The van der Waals surface area contributed by atoms with Crippen molar-refractivity contribution in [1.82, 2.24) is 9.69 Å². The Morgan fingerprint density at radius 3 is 2.44 bits per heavy atom. The maximum Gasteiger partial charge on any atom is 0.273 e. The van der Waals surface area contributed by atoms with Gasteiger partial charge in [0.2, 0.25) is 5.91 Å². The van der Waals surface area contributed by atoms with E-state index in [1.807, 2.05) is 26.0 Å². The van der Waals surface area contributed by atoms with Gasteiger partial charge in [0.05, 0.1) is 18.4 Å². The van der Waals surface area contributed by atoms with Gasteiger partial charge in [0, 0.05) is 18.8 Å². The van der Waals surface area contributed by atoms with Crippen molar-refractivity contribution in [2.24, 2.45) is 5.73 Å². The smallest absolute Gasteiger partial charge is 0.273 e. The van der Waals surface area contributed by atoms with Crippen LogP contribution < -0.4 is 26.4 Å². The van der Waals surface area contributed by atoms with E-state index in [1.54, 1.807) is 36.4 Å². The number of primary amides is 1. The molecule has 1 aliphatic rings. The monoisotopic (exact) mass is 551 g/mol. The number of anilines is 2. The van der Waals surface area contributed by atoms with Gasteiger partial charge in [-0.25, -0.2) is 0 Å². The Morgan fingerprint density at radius 2 is 1.87 bits per heavy atom. The van der Waals surface area contributed by atoms with Crippen LogP contribution in [0.25, 0.3) is 0 Å². The molecule has 5 N–H and O–H groups in total. The number of nitrogen functional groups attached to an aromatic ring is 1. The molecule has 0 bridgehead atoms. The minimum Gasteiger partial charge on any atom is -0.494 e. The lowest BCUT2D eigenvalue weighted by Crippen LogP contribution is -2.45. The molecule has 39 heavy (non-hydrogen) atoms. The normalized spacial score (nSPS) is 15.5. The Morgan fingerprint density at radius 1 is 1.15 bits per heavy atom. The third kappa shape index (κ3) is 6.37. The second kappa shape index (κ2) is 12.7. The van der Waals surface area contributed by atoms with Crippen molar-refractivity contribution in [3.05, 3.63) is 70.2 Å². The number of ether oxygens (including phenoxy) is 2. The summed E-state index contributed by atoms with van der Waals surface area (Å²) < 4.78 is 15.3. The number of nitrogens with one attached hydrogen (secondary N) is 1. The molecule has 2 atom stereocenters. The van der Waals surface area contributed by atoms with Gasteiger partial charge < -0.3 is 26.3 Å². The predicted molar refractivity (Wildman–Crippen MR) is 150 cm³/mol. The molecular formula is C28H33N5O5S. The van der Waals surface area contributed by atoms with Crippen molar-refractivity contribution in [3.8, 4) is 5.75 Å². The van der Waals surface area contributed by atoms with Gasteiger partial charge >= 0.3 is 0 Å². The number of aromatic nitrogens is 1. The summed E-state index contributed by atoms with van der Waals surface area (Å²) in [5.41, 5.74) is 13.4. The maximum absolute atomic E-state index is 14.1. The van der Waals surface area contributed by atoms with E-state index >= 15 is 0 Å². The molecule has 1 saturated heterocycles. The average Bonchev–Trinajstić information content (AvgIpc) is 3.60. The summed E-state index contributed by atoms with van der Waals surface area (Å²) in [6.45, 7) is 5.38. The zero-order chi connectivity index (χ0) is 27.9. The molecule has 2 heterocycles. The molecule has 10 nitrogen and oxygen atoms in total. The molecule has 1 aliphatic heterocycles. The largest absolute Gasteiger partial charge is 0.494 e. The topological polar surface area (TPSA) is 150 Å². The molecule has 4 rings (SSSR count). The van der Waals surface area contributed by atoms with E-state index in [-0.39, 0.29) is 28.3 Å². The number of aryl methyl sites for hydroxylation is 1. The van der Waals surface area contributed by atoms with E-state index in [1.165, 1.54) is 4.90 Å². The van der Waals surface area contributed by atoms with Crippen LogP contribution in [0.1, 0.15) is 64.0 Å². The molecule has 0 spiro atoms. The van der Waals surface area contributed by atoms with E-state index in [9.17, 15) is 14.4 Å². The number of rotatable bonds is 11. The zero-order valence-corrected chi connectivity index (χ0v) is 22.8. The highest BCUT2D eigenvalue weighted by atomic mass is 32.1. The fourth-order valence-electron chi connectivity index (χ4n) is 4.46.